The molecule has 0 unspecified atom stereocenters. The molecule has 4 nitrogen and oxygen atoms in total. The predicted octanol–water partition coefficient (Wildman–Crippen LogP) is 3.22. The van der Waals surface area contributed by atoms with Crippen molar-refractivity contribution < 1.29 is 4.74 Å². The van der Waals surface area contributed by atoms with Crippen LogP contribution in [0.1, 0.15) is 50.1 Å². The van der Waals surface area contributed by atoms with E-state index in [9.17, 15) is 0 Å². The van der Waals surface area contributed by atoms with Crippen LogP contribution in [0.25, 0.3) is 5.52 Å². The Morgan fingerprint density at radius 2 is 2.28 bits per heavy atom. The average Bonchev–Trinajstić information content (AvgIpc) is 2.93. The molecule has 1 aliphatic heterocycles. The summed E-state index contributed by atoms with van der Waals surface area (Å²) in [4.78, 5) is 4.37. The molecule has 0 radical (unpaired) electrons. The number of aromatic nitrogens is 3. The van der Waals surface area contributed by atoms with E-state index in [-0.39, 0.29) is 6.10 Å². The third-order valence-electron chi connectivity index (χ3n) is 3.38. The zero-order valence-corrected chi connectivity index (χ0v) is 10.8. The van der Waals surface area contributed by atoms with Gasteiger partial charge in [-0.15, -0.1) is 0 Å². The Balaban J connectivity index is 2.09. The number of rotatable bonds is 2. The summed E-state index contributed by atoms with van der Waals surface area (Å²) in [5, 5.41) is 4.35. The fourth-order valence-electron chi connectivity index (χ4n) is 2.48. The monoisotopic (exact) mass is 243 g/mol. The predicted molar refractivity (Wildman–Crippen MR) is 69.3 cm³/mol. The van der Waals surface area contributed by atoms with Crippen LogP contribution in [-0.4, -0.2) is 14.6 Å². The average molecular weight is 243 g/mol. The molecule has 18 heavy (non-hydrogen) atoms. The largest absolute Gasteiger partial charge is 0.489 e. The highest BCUT2D eigenvalue weighted by Crippen LogP contribution is 2.35. The first-order chi connectivity index (χ1) is 8.66. The van der Waals surface area contributed by atoms with E-state index in [1.807, 2.05) is 4.52 Å². The molecule has 1 atom stereocenters. The fraction of sp³-hybridized carbons (Fsp3) is 0.429. The number of ether oxygens (including phenoxy) is 1. The normalized spacial score (nSPS) is 19.7. The van der Waals surface area contributed by atoms with Gasteiger partial charge >= 0.3 is 0 Å². The topological polar surface area (TPSA) is 39.4 Å². The first kappa shape index (κ1) is 11.3. The van der Waals surface area contributed by atoms with Crippen molar-refractivity contribution in [2.45, 2.75) is 38.7 Å². The van der Waals surface area contributed by atoms with Crippen LogP contribution in [0.3, 0.4) is 0 Å². The van der Waals surface area contributed by atoms with E-state index in [2.05, 4.69) is 42.6 Å². The van der Waals surface area contributed by atoms with Gasteiger partial charge in [-0.1, -0.05) is 20.4 Å². The molecule has 0 spiro atoms. The fourth-order valence-corrected chi connectivity index (χ4v) is 2.48. The molecule has 0 amide bonds. The number of nitrogens with zero attached hydrogens (tertiary/aromatic N) is 3. The highest BCUT2D eigenvalue weighted by molar-refractivity contribution is 5.54. The van der Waals surface area contributed by atoms with Gasteiger partial charge in [0.1, 0.15) is 12.4 Å². The molecule has 1 fully saturated rings. The molecule has 2 aromatic heterocycles. The van der Waals surface area contributed by atoms with E-state index in [4.69, 9.17) is 4.74 Å². The van der Waals surface area contributed by atoms with Gasteiger partial charge in [-0.3, -0.25) is 0 Å². The SMILES string of the molecule is C=C1CC[C@H](c2ccc3c(C(C)C)ncnn23)O1. The lowest BCUT2D eigenvalue weighted by Crippen LogP contribution is -2.06. The Morgan fingerprint density at radius 3 is 2.94 bits per heavy atom. The minimum absolute atomic E-state index is 0.0786. The molecule has 94 valence electrons. The van der Waals surface area contributed by atoms with Crippen molar-refractivity contribution >= 4 is 5.52 Å². The summed E-state index contributed by atoms with van der Waals surface area (Å²) in [6, 6.07) is 4.16. The Morgan fingerprint density at radius 1 is 1.44 bits per heavy atom. The number of fused-ring (bicyclic) bond motifs is 1. The lowest BCUT2D eigenvalue weighted by molar-refractivity contribution is 0.158. The van der Waals surface area contributed by atoms with Crippen LogP contribution in [0.2, 0.25) is 0 Å². The molecular weight excluding hydrogens is 226 g/mol. The zero-order valence-electron chi connectivity index (χ0n) is 10.8. The van der Waals surface area contributed by atoms with Crippen molar-refractivity contribution in [3.05, 3.63) is 42.2 Å². The zero-order chi connectivity index (χ0) is 12.7. The molecule has 0 N–H and O–H groups in total. The Bertz CT molecular complexity index is 600. The quantitative estimate of drug-likeness (QED) is 0.813. The summed E-state index contributed by atoms with van der Waals surface area (Å²) in [6.45, 7) is 8.16. The minimum Gasteiger partial charge on any atom is -0.489 e. The van der Waals surface area contributed by atoms with E-state index >= 15 is 0 Å². The van der Waals surface area contributed by atoms with Gasteiger partial charge in [0.05, 0.1) is 22.7 Å². The molecular formula is C14H17N3O. The van der Waals surface area contributed by atoms with E-state index in [0.29, 0.717) is 5.92 Å². The summed E-state index contributed by atoms with van der Waals surface area (Å²) >= 11 is 0. The molecule has 0 bridgehead atoms. The van der Waals surface area contributed by atoms with Crippen LogP contribution in [-0.2, 0) is 4.74 Å². The van der Waals surface area contributed by atoms with Crippen molar-refractivity contribution in [3.63, 3.8) is 0 Å². The summed E-state index contributed by atoms with van der Waals surface area (Å²) in [5.74, 6) is 1.26. The molecule has 3 heterocycles. The van der Waals surface area contributed by atoms with Crippen LogP contribution in [0.15, 0.2) is 30.8 Å². The summed E-state index contributed by atoms with van der Waals surface area (Å²) in [6.07, 6.45) is 3.61. The molecule has 1 aliphatic rings. The minimum atomic E-state index is 0.0786. The van der Waals surface area contributed by atoms with Gasteiger partial charge in [0.15, 0.2) is 0 Å². The van der Waals surface area contributed by atoms with Gasteiger partial charge < -0.3 is 4.74 Å². The number of allylic oxidation sites excluding steroid dienone is 1. The highest BCUT2D eigenvalue weighted by atomic mass is 16.5. The summed E-state index contributed by atoms with van der Waals surface area (Å²) in [7, 11) is 0. The summed E-state index contributed by atoms with van der Waals surface area (Å²) < 4.78 is 7.69. The second-order valence-corrected chi connectivity index (χ2v) is 5.04. The van der Waals surface area contributed by atoms with Crippen LogP contribution in [0.4, 0.5) is 0 Å². The van der Waals surface area contributed by atoms with Crippen molar-refractivity contribution in [1.29, 1.82) is 0 Å². The van der Waals surface area contributed by atoms with E-state index in [1.54, 1.807) is 6.33 Å². The van der Waals surface area contributed by atoms with Crippen LogP contribution < -0.4 is 0 Å². The molecule has 2 aromatic rings. The molecule has 4 heteroatoms. The third-order valence-corrected chi connectivity index (χ3v) is 3.38. The van der Waals surface area contributed by atoms with Crippen LogP contribution in [0, 0.1) is 0 Å². The Labute approximate surface area is 106 Å². The maximum absolute atomic E-state index is 5.74. The highest BCUT2D eigenvalue weighted by Gasteiger charge is 2.24. The molecule has 0 saturated carbocycles. The van der Waals surface area contributed by atoms with Gasteiger partial charge in [-0.05, 0) is 24.5 Å². The summed E-state index contributed by atoms with van der Waals surface area (Å²) in [5.41, 5.74) is 3.24. The first-order valence-corrected chi connectivity index (χ1v) is 6.34. The first-order valence-electron chi connectivity index (χ1n) is 6.34. The maximum atomic E-state index is 5.74. The van der Waals surface area contributed by atoms with Crippen LogP contribution in [0.5, 0.6) is 0 Å². The number of hydrogen-bond donors (Lipinski definition) is 0. The van der Waals surface area contributed by atoms with E-state index in [0.717, 1.165) is 35.5 Å². The van der Waals surface area contributed by atoms with Crippen LogP contribution >= 0.6 is 0 Å². The van der Waals surface area contributed by atoms with E-state index in [1.165, 1.54) is 0 Å². The Hall–Kier alpha value is -1.84. The molecule has 0 aromatic carbocycles. The van der Waals surface area contributed by atoms with E-state index < -0.39 is 0 Å². The molecule has 3 rings (SSSR count). The molecule has 0 aliphatic carbocycles. The second-order valence-electron chi connectivity index (χ2n) is 5.04. The van der Waals surface area contributed by atoms with Gasteiger partial charge in [0, 0.05) is 6.42 Å². The van der Waals surface area contributed by atoms with Gasteiger partial charge in [-0.2, -0.15) is 5.10 Å². The Kier molecular flexibility index (Phi) is 2.58. The van der Waals surface area contributed by atoms with Crippen molar-refractivity contribution in [3.8, 4) is 0 Å². The number of hydrogen-bond acceptors (Lipinski definition) is 3. The van der Waals surface area contributed by atoms with Crippen molar-refractivity contribution in [1.82, 2.24) is 14.6 Å². The molecule has 1 saturated heterocycles. The standard InChI is InChI=1S/C14H17N3O/c1-9(2)14-12-6-5-11(17(12)16-8-15-14)13-7-4-10(3)18-13/h5-6,8-9,13H,3-4,7H2,1-2H3/t13-/m1/s1. The third kappa shape index (κ3) is 1.68. The smallest absolute Gasteiger partial charge is 0.140 e. The van der Waals surface area contributed by atoms with Gasteiger partial charge in [0.2, 0.25) is 0 Å². The second kappa shape index (κ2) is 4.12. The van der Waals surface area contributed by atoms with Crippen molar-refractivity contribution in [2.75, 3.05) is 0 Å². The van der Waals surface area contributed by atoms with Gasteiger partial charge in [-0.25, -0.2) is 9.50 Å². The van der Waals surface area contributed by atoms with Crippen molar-refractivity contribution in [2.24, 2.45) is 0 Å². The van der Waals surface area contributed by atoms with Gasteiger partial charge in [0.25, 0.3) is 0 Å². The maximum Gasteiger partial charge on any atom is 0.140 e. The lowest BCUT2D eigenvalue weighted by atomic mass is 10.1. The lowest BCUT2D eigenvalue weighted by Gasteiger charge is -2.11.